The summed E-state index contributed by atoms with van der Waals surface area (Å²) >= 11 is 5.17. The molecule has 0 amide bonds. The van der Waals surface area contributed by atoms with Crippen LogP contribution in [0.15, 0.2) is 39.5 Å². The van der Waals surface area contributed by atoms with Crippen molar-refractivity contribution in [2.24, 2.45) is 5.73 Å². The van der Waals surface area contributed by atoms with Gasteiger partial charge in [0.25, 0.3) is 0 Å². The molecule has 2 aromatic rings. The van der Waals surface area contributed by atoms with E-state index in [4.69, 9.17) is 10.5 Å². The predicted octanol–water partition coefficient (Wildman–Crippen LogP) is 3.57. The van der Waals surface area contributed by atoms with Crippen LogP contribution in [-0.2, 0) is 0 Å². The van der Waals surface area contributed by atoms with Gasteiger partial charge in [-0.1, -0.05) is 15.9 Å². The van der Waals surface area contributed by atoms with E-state index in [2.05, 4.69) is 21.3 Å². The maximum absolute atomic E-state index is 6.21. The fourth-order valence-corrected chi connectivity index (χ4v) is 2.71. The van der Waals surface area contributed by atoms with Gasteiger partial charge in [0, 0.05) is 4.47 Å². The summed E-state index contributed by atoms with van der Waals surface area (Å²) in [5.41, 5.74) is 8.37. The Hall–Kier alpha value is -0.840. The summed E-state index contributed by atoms with van der Waals surface area (Å²) in [5.74, 6) is 0.823. The molecule has 4 heteroatoms. The number of rotatable bonds is 3. The molecule has 2 rings (SSSR count). The topological polar surface area (TPSA) is 35.2 Å². The van der Waals surface area contributed by atoms with E-state index >= 15 is 0 Å². The summed E-state index contributed by atoms with van der Waals surface area (Å²) in [4.78, 5) is 0. The van der Waals surface area contributed by atoms with Crippen LogP contribution >= 0.6 is 27.3 Å². The average Bonchev–Trinajstić information content (AvgIpc) is 2.82. The SMILES string of the molecule is COc1ccc(Br)c(C(N)c2ccsc2)c1. The molecule has 1 heterocycles. The zero-order chi connectivity index (χ0) is 11.5. The first-order valence-electron chi connectivity index (χ1n) is 4.83. The van der Waals surface area contributed by atoms with Crippen LogP contribution in [0.5, 0.6) is 5.75 Å². The zero-order valence-electron chi connectivity index (χ0n) is 8.81. The zero-order valence-corrected chi connectivity index (χ0v) is 11.2. The highest BCUT2D eigenvalue weighted by Gasteiger charge is 2.13. The van der Waals surface area contributed by atoms with Gasteiger partial charge in [-0.3, -0.25) is 0 Å². The molecule has 16 heavy (non-hydrogen) atoms. The Labute approximate surface area is 107 Å². The molecule has 2 N–H and O–H groups in total. The van der Waals surface area contributed by atoms with Crippen molar-refractivity contribution >= 4 is 27.3 Å². The number of nitrogens with two attached hydrogens (primary N) is 1. The van der Waals surface area contributed by atoms with E-state index in [0.29, 0.717) is 0 Å². The molecular weight excluding hydrogens is 286 g/mol. The van der Waals surface area contributed by atoms with E-state index in [-0.39, 0.29) is 6.04 Å². The Kier molecular flexibility index (Phi) is 3.63. The highest BCUT2D eigenvalue weighted by Crippen LogP contribution is 2.30. The predicted molar refractivity (Wildman–Crippen MR) is 71.0 cm³/mol. The van der Waals surface area contributed by atoms with Crippen LogP contribution < -0.4 is 10.5 Å². The van der Waals surface area contributed by atoms with Crippen molar-refractivity contribution in [1.29, 1.82) is 0 Å². The van der Waals surface area contributed by atoms with Crippen LogP contribution in [0.4, 0.5) is 0 Å². The van der Waals surface area contributed by atoms with Crippen molar-refractivity contribution in [2.45, 2.75) is 6.04 Å². The van der Waals surface area contributed by atoms with Crippen LogP contribution in [0.1, 0.15) is 17.2 Å². The molecule has 1 atom stereocenters. The lowest BCUT2D eigenvalue weighted by Crippen LogP contribution is -2.11. The molecule has 84 valence electrons. The number of hydrogen-bond donors (Lipinski definition) is 1. The monoisotopic (exact) mass is 297 g/mol. The smallest absolute Gasteiger partial charge is 0.119 e. The van der Waals surface area contributed by atoms with Gasteiger partial charge >= 0.3 is 0 Å². The van der Waals surface area contributed by atoms with Crippen LogP contribution in [0.3, 0.4) is 0 Å². The lowest BCUT2D eigenvalue weighted by atomic mass is 10.0. The first kappa shape index (κ1) is 11.6. The average molecular weight is 298 g/mol. The van der Waals surface area contributed by atoms with Gasteiger partial charge in [-0.15, -0.1) is 0 Å². The van der Waals surface area contributed by atoms with Crippen molar-refractivity contribution in [3.05, 3.63) is 50.6 Å². The fourth-order valence-electron chi connectivity index (χ4n) is 1.52. The Balaban J connectivity index is 2.39. The second kappa shape index (κ2) is 4.99. The van der Waals surface area contributed by atoms with E-state index in [1.165, 1.54) is 0 Å². The summed E-state index contributed by atoms with van der Waals surface area (Å²) in [6.45, 7) is 0. The standard InChI is InChI=1S/C12H12BrNOS/c1-15-9-2-3-11(13)10(6-9)12(14)8-4-5-16-7-8/h2-7,12H,14H2,1H3. The van der Waals surface area contributed by atoms with Gasteiger partial charge in [0.15, 0.2) is 0 Å². The van der Waals surface area contributed by atoms with Gasteiger partial charge in [-0.25, -0.2) is 0 Å². The van der Waals surface area contributed by atoms with Crippen molar-refractivity contribution in [3.63, 3.8) is 0 Å². The number of methoxy groups -OCH3 is 1. The Morgan fingerprint density at radius 3 is 2.81 bits per heavy atom. The molecule has 1 unspecified atom stereocenters. The van der Waals surface area contributed by atoms with Crippen molar-refractivity contribution in [3.8, 4) is 5.75 Å². The molecule has 0 radical (unpaired) electrons. The third-order valence-electron chi connectivity index (χ3n) is 2.44. The Morgan fingerprint density at radius 1 is 1.38 bits per heavy atom. The molecule has 0 bridgehead atoms. The minimum atomic E-state index is -0.115. The van der Waals surface area contributed by atoms with E-state index in [0.717, 1.165) is 21.3 Å². The van der Waals surface area contributed by atoms with Crippen LogP contribution in [-0.4, -0.2) is 7.11 Å². The summed E-state index contributed by atoms with van der Waals surface area (Å²) < 4.78 is 6.21. The second-order valence-electron chi connectivity index (χ2n) is 3.42. The highest BCUT2D eigenvalue weighted by atomic mass is 79.9. The van der Waals surface area contributed by atoms with Crippen LogP contribution in [0, 0.1) is 0 Å². The molecule has 0 aliphatic rings. The van der Waals surface area contributed by atoms with E-state index in [9.17, 15) is 0 Å². The lowest BCUT2D eigenvalue weighted by Gasteiger charge is -2.13. The number of ether oxygens (including phenoxy) is 1. The molecule has 1 aromatic heterocycles. The van der Waals surface area contributed by atoms with E-state index < -0.39 is 0 Å². The third kappa shape index (κ3) is 2.29. The number of hydrogen-bond acceptors (Lipinski definition) is 3. The second-order valence-corrected chi connectivity index (χ2v) is 5.06. The van der Waals surface area contributed by atoms with Gasteiger partial charge < -0.3 is 10.5 Å². The highest BCUT2D eigenvalue weighted by molar-refractivity contribution is 9.10. The summed E-state index contributed by atoms with van der Waals surface area (Å²) in [6.07, 6.45) is 0. The number of benzene rings is 1. The first-order chi connectivity index (χ1) is 7.72. The largest absolute Gasteiger partial charge is 0.497 e. The van der Waals surface area contributed by atoms with Gasteiger partial charge in [-0.05, 0) is 46.2 Å². The van der Waals surface area contributed by atoms with Crippen LogP contribution in [0.25, 0.3) is 0 Å². The number of halogens is 1. The third-order valence-corrected chi connectivity index (χ3v) is 3.86. The minimum absolute atomic E-state index is 0.115. The van der Waals surface area contributed by atoms with Crippen molar-refractivity contribution in [2.75, 3.05) is 7.11 Å². The summed E-state index contributed by atoms with van der Waals surface area (Å²) in [7, 11) is 1.66. The fraction of sp³-hybridized carbons (Fsp3) is 0.167. The summed E-state index contributed by atoms with van der Waals surface area (Å²) in [6, 6.07) is 7.76. The molecule has 0 aliphatic carbocycles. The molecule has 0 aliphatic heterocycles. The van der Waals surface area contributed by atoms with E-state index in [1.54, 1.807) is 18.4 Å². The van der Waals surface area contributed by atoms with Gasteiger partial charge in [0.05, 0.1) is 13.2 Å². The maximum Gasteiger partial charge on any atom is 0.119 e. The van der Waals surface area contributed by atoms with Gasteiger partial charge in [-0.2, -0.15) is 11.3 Å². The molecule has 0 saturated carbocycles. The maximum atomic E-state index is 6.21. The number of thiophene rings is 1. The molecule has 0 spiro atoms. The Bertz CT molecular complexity index is 470. The lowest BCUT2D eigenvalue weighted by molar-refractivity contribution is 0.414. The van der Waals surface area contributed by atoms with Gasteiger partial charge in [0.2, 0.25) is 0 Å². The summed E-state index contributed by atoms with van der Waals surface area (Å²) in [5, 5.41) is 4.10. The quantitative estimate of drug-likeness (QED) is 0.940. The molecule has 0 saturated heterocycles. The van der Waals surface area contributed by atoms with Crippen molar-refractivity contribution in [1.82, 2.24) is 0 Å². The first-order valence-corrected chi connectivity index (χ1v) is 6.57. The van der Waals surface area contributed by atoms with E-state index in [1.807, 2.05) is 29.6 Å². The van der Waals surface area contributed by atoms with Crippen LogP contribution in [0.2, 0.25) is 0 Å². The normalized spacial score (nSPS) is 12.4. The molecule has 0 fully saturated rings. The molecule has 1 aromatic carbocycles. The van der Waals surface area contributed by atoms with Gasteiger partial charge in [0.1, 0.15) is 5.75 Å². The Morgan fingerprint density at radius 2 is 2.19 bits per heavy atom. The molecule has 2 nitrogen and oxygen atoms in total. The minimum Gasteiger partial charge on any atom is -0.497 e. The molecular formula is C12H12BrNOS. The van der Waals surface area contributed by atoms with Crippen molar-refractivity contribution < 1.29 is 4.74 Å².